The van der Waals surface area contributed by atoms with Gasteiger partial charge >= 0.3 is 22.7 Å². The molecule has 0 radical (unpaired) electrons. The molecule has 1 rings (SSSR count). The van der Waals surface area contributed by atoms with E-state index in [-0.39, 0.29) is 18.2 Å². The van der Waals surface area contributed by atoms with E-state index >= 15 is 0 Å². The lowest BCUT2D eigenvalue weighted by Crippen LogP contribution is -2.15. The summed E-state index contributed by atoms with van der Waals surface area (Å²) >= 11 is 0. The van der Waals surface area contributed by atoms with Crippen LogP contribution in [0.3, 0.4) is 0 Å². The van der Waals surface area contributed by atoms with E-state index in [1.165, 1.54) is 0 Å². The van der Waals surface area contributed by atoms with Crippen molar-refractivity contribution < 1.29 is 39.3 Å². The van der Waals surface area contributed by atoms with E-state index in [1.54, 1.807) is 0 Å². The molecular weight excluding hydrogens is 304 g/mol. The van der Waals surface area contributed by atoms with Crippen LogP contribution in [0.2, 0.25) is 0 Å². The number of benzene rings is 1. The standard InChI is InChI=1S/C8H5F6NO3S/c9-7(10,11)4-1-5(8(12,13)14)3-6(2-4)15-19(16,17)18/h1-3,15H,(H,16,17,18). The summed E-state index contributed by atoms with van der Waals surface area (Å²) in [5, 5.41) is 0. The Balaban J connectivity index is 3.41. The Morgan fingerprint density at radius 1 is 0.895 bits per heavy atom. The van der Waals surface area contributed by atoms with Crippen LogP contribution in [0.4, 0.5) is 32.0 Å². The molecule has 0 heterocycles. The average molecular weight is 309 g/mol. The third-order valence-corrected chi connectivity index (χ3v) is 2.33. The maximum absolute atomic E-state index is 12.4. The molecule has 19 heavy (non-hydrogen) atoms. The Hall–Kier alpha value is -1.49. The Labute approximate surface area is 102 Å². The van der Waals surface area contributed by atoms with E-state index < -0.39 is 39.5 Å². The van der Waals surface area contributed by atoms with Crippen molar-refractivity contribution in [2.75, 3.05) is 4.72 Å². The van der Waals surface area contributed by atoms with E-state index in [2.05, 4.69) is 0 Å². The molecule has 2 N–H and O–H groups in total. The molecule has 1 aromatic rings. The number of halogens is 6. The van der Waals surface area contributed by atoms with Crippen LogP contribution in [-0.2, 0) is 22.7 Å². The lowest BCUT2D eigenvalue weighted by atomic mass is 10.1. The predicted octanol–water partition coefficient (Wildman–Crippen LogP) is 2.94. The maximum atomic E-state index is 12.4. The van der Waals surface area contributed by atoms with Crippen molar-refractivity contribution in [3.05, 3.63) is 29.3 Å². The fourth-order valence-corrected chi connectivity index (χ4v) is 1.58. The van der Waals surface area contributed by atoms with Gasteiger partial charge in [-0.15, -0.1) is 0 Å². The molecule has 11 heteroatoms. The molecule has 0 aliphatic rings. The zero-order valence-electron chi connectivity index (χ0n) is 8.67. The minimum absolute atomic E-state index is 0.128. The van der Waals surface area contributed by atoms with Crippen LogP contribution < -0.4 is 4.72 Å². The molecule has 0 aliphatic carbocycles. The molecule has 0 bridgehead atoms. The third kappa shape index (κ3) is 4.59. The van der Waals surface area contributed by atoms with Crippen LogP contribution in [0, 0.1) is 0 Å². The first-order valence-corrected chi connectivity index (χ1v) is 5.78. The summed E-state index contributed by atoms with van der Waals surface area (Å²) in [4.78, 5) is 0. The van der Waals surface area contributed by atoms with Gasteiger partial charge in [0.25, 0.3) is 0 Å². The lowest BCUT2D eigenvalue weighted by Gasteiger charge is -2.14. The fraction of sp³-hybridized carbons (Fsp3) is 0.250. The summed E-state index contributed by atoms with van der Waals surface area (Å²) in [6.07, 6.45) is -10.2. The third-order valence-electron chi connectivity index (χ3n) is 1.83. The molecule has 108 valence electrons. The number of hydrogen-bond acceptors (Lipinski definition) is 2. The summed E-state index contributed by atoms with van der Waals surface area (Å²) < 4.78 is 104. The van der Waals surface area contributed by atoms with E-state index in [9.17, 15) is 34.8 Å². The van der Waals surface area contributed by atoms with E-state index in [0.717, 1.165) is 4.72 Å². The molecule has 4 nitrogen and oxygen atoms in total. The van der Waals surface area contributed by atoms with Crippen molar-refractivity contribution >= 4 is 16.0 Å². The monoisotopic (exact) mass is 309 g/mol. The minimum atomic E-state index is -5.10. The van der Waals surface area contributed by atoms with Crippen LogP contribution in [-0.4, -0.2) is 13.0 Å². The molecule has 0 unspecified atom stereocenters. The zero-order chi connectivity index (χ0) is 15.1. The zero-order valence-corrected chi connectivity index (χ0v) is 9.49. The number of nitrogens with one attached hydrogen (secondary N) is 1. The van der Waals surface area contributed by atoms with Gasteiger partial charge in [-0.25, -0.2) is 0 Å². The van der Waals surface area contributed by atoms with Gasteiger partial charge in [-0.2, -0.15) is 34.8 Å². The van der Waals surface area contributed by atoms with E-state index in [1.807, 2.05) is 0 Å². The average Bonchev–Trinajstić information content (AvgIpc) is 2.11. The molecule has 0 aliphatic heterocycles. The number of rotatable bonds is 2. The van der Waals surface area contributed by atoms with Gasteiger partial charge in [0.2, 0.25) is 0 Å². The van der Waals surface area contributed by atoms with Gasteiger partial charge in [0, 0.05) is 0 Å². The quantitative estimate of drug-likeness (QED) is 0.652. The number of hydrogen-bond donors (Lipinski definition) is 2. The normalized spacial score (nSPS) is 13.4. The number of anilines is 1. The van der Waals surface area contributed by atoms with Crippen molar-refractivity contribution in [3.8, 4) is 0 Å². The lowest BCUT2D eigenvalue weighted by molar-refractivity contribution is -0.143. The summed E-state index contributed by atoms with van der Waals surface area (Å²) in [5.74, 6) is 0. The first-order valence-electron chi connectivity index (χ1n) is 4.34. The molecule has 0 saturated heterocycles. The van der Waals surface area contributed by atoms with Gasteiger partial charge in [-0.1, -0.05) is 0 Å². The van der Waals surface area contributed by atoms with E-state index in [0.29, 0.717) is 0 Å². The highest BCUT2D eigenvalue weighted by Crippen LogP contribution is 2.37. The smallest absolute Gasteiger partial charge is 0.269 e. The van der Waals surface area contributed by atoms with Crippen molar-refractivity contribution in [1.29, 1.82) is 0 Å². The van der Waals surface area contributed by atoms with Crippen molar-refractivity contribution in [2.24, 2.45) is 0 Å². The summed E-state index contributed by atoms with van der Waals surface area (Å²) in [6, 6.07) is 0.0845. The van der Waals surface area contributed by atoms with Gasteiger partial charge in [-0.05, 0) is 18.2 Å². The summed E-state index contributed by atoms with van der Waals surface area (Å²) in [7, 11) is -4.99. The molecule has 0 aromatic heterocycles. The fourth-order valence-electron chi connectivity index (χ4n) is 1.16. The summed E-state index contributed by atoms with van der Waals surface area (Å²) in [6.45, 7) is 0. The molecule has 1 aromatic carbocycles. The maximum Gasteiger partial charge on any atom is 0.416 e. The van der Waals surface area contributed by atoms with Gasteiger partial charge in [0.1, 0.15) is 0 Å². The Bertz CT molecular complexity index is 545. The Morgan fingerprint density at radius 2 is 1.26 bits per heavy atom. The molecule has 0 fully saturated rings. The minimum Gasteiger partial charge on any atom is -0.269 e. The van der Waals surface area contributed by atoms with Crippen molar-refractivity contribution in [1.82, 2.24) is 0 Å². The largest absolute Gasteiger partial charge is 0.416 e. The molecule has 0 spiro atoms. The van der Waals surface area contributed by atoms with Crippen molar-refractivity contribution in [3.63, 3.8) is 0 Å². The van der Waals surface area contributed by atoms with Crippen LogP contribution in [0.1, 0.15) is 11.1 Å². The molecule has 0 atom stereocenters. The number of alkyl halides is 6. The van der Waals surface area contributed by atoms with Gasteiger partial charge in [-0.3, -0.25) is 9.27 Å². The first kappa shape index (κ1) is 15.6. The first-order chi connectivity index (χ1) is 8.29. The van der Waals surface area contributed by atoms with Crippen LogP contribution in [0.15, 0.2) is 18.2 Å². The Morgan fingerprint density at radius 3 is 1.53 bits per heavy atom. The van der Waals surface area contributed by atoms with Gasteiger partial charge in [0.15, 0.2) is 0 Å². The highest BCUT2D eigenvalue weighted by Gasteiger charge is 2.37. The van der Waals surface area contributed by atoms with Crippen LogP contribution >= 0.6 is 0 Å². The van der Waals surface area contributed by atoms with Crippen molar-refractivity contribution in [2.45, 2.75) is 12.4 Å². The molecular formula is C8H5F6NO3S. The summed E-state index contributed by atoms with van der Waals surface area (Å²) in [5.41, 5.74) is -4.45. The van der Waals surface area contributed by atoms with Gasteiger partial charge < -0.3 is 0 Å². The SMILES string of the molecule is O=S(=O)(O)Nc1cc(C(F)(F)F)cc(C(F)(F)F)c1. The predicted molar refractivity (Wildman–Crippen MR) is 51.6 cm³/mol. The Kier molecular flexibility index (Phi) is 3.74. The second kappa shape index (κ2) is 4.56. The topological polar surface area (TPSA) is 66.4 Å². The second-order valence-electron chi connectivity index (χ2n) is 3.37. The second-order valence-corrected chi connectivity index (χ2v) is 4.53. The highest BCUT2D eigenvalue weighted by molar-refractivity contribution is 7.87. The van der Waals surface area contributed by atoms with E-state index in [4.69, 9.17) is 4.55 Å². The molecule has 0 saturated carbocycles. The van der Waals surface area contributed by atoms with Crippen LogP contribution in [0.5, 0.6) is 0 Å². The van der Waals surface area contributed by atoms with Crippen LogP contribution in [0.25, 0.3) is 0 Å². The highest BCUT2D eigenvalue weighted by atomic mass is 32.2. The van der Waals surface area contributed by atoms with Gasteiger partial charge in [0.05, 0.1) is 16.8 Å². The molecule has 0 amide bonds.